The number of rotatable bonds is 3. The number of carbonyl (C=O) groups is 1. The lowest BCUT2D eigenvalue weighted by Gasteiger charge is -2.17. The van der Waals surface area contributed by atoms with Gasteiger partial charge in [-0.25, -0.2) is 4.39 Å². The van der Waals surface area contributed by atoms with Gasteiger partial charge >= 0.3 is 0 Å². The minimum Gasteiger partial charge on any atom is -0.299 e. The van der Waals surface area contributed by atoms with Gasteiger partial charge in [0.15, 0.2) is 0 Å². The minimum atomic E-state index is -0.370. The van der Waals surface area contributed by atoms with E-state index in [0.29, 0.717) is 5.02 Å². The molecule has 2 atom stereocenters. The van der Waals surface area contributed by atoms with Crippen molar-refractivity contribution in [1.29, 1.82) is 0 Å². The van der Waals surface area contributed by atoms with Crippen molar-refractivity contribution in [3.63, 3.8) is 0 Å². The fraction of sp³-hybridized carbons (Fsp3) is 0.364. The van der Waals surface area contributed by atoms with Gasteiger partial charge < -0.3 is 0 Å². The molecule has 0 saturated heterocycles. The Balaban J connectivity index is 3.01. The molecule has 0 amide bonds. The molecule has 1 aromatic rings. The Bertz CT molecular complexity index is 381. The molecule has 4 heteroatoms. The number of carbonyl (C=O) groups excluding carboxylic acids is 1. The zero-order valence-corrected chi connectivity index (χ0v) is 10.8. The Kier molecular flexibility index (Phi) is 4.29. The van der Waals surface area contributed by atoms with Crippen molar-refractivity contribution >= 4 is 33.3 Å². The maximum atomic E-state index is 12.8. The van der Waals surface area contributed by atoms with Gasteiger partial charge in [0.1, 0.15) is 11.6 Å². The third-order valence-corrected chi connectivity index (χ3v) is 4.05. The fourth-order valence-corrected chi connectivity index (χ4v) is 2.00. The maximum Gasteiger partial charge on any atom is 0.144 e. The molecule has 15 heavy (non-hydrogen) atoms. The average molecular weight is 294 g/mol. The number of Topliss-reactive ketones (excluding diaryl/α,β-unsaturated/α-hetero) is 1. The van der Waals surface area contributed by atoms with Crippen molar-refractivity contribution in [1.82, 2.24) is 0 Å². The molecule has 0 saturated carbocycles. The Morgan fingerprint density at radius 2 is 2.13 bits per heavy atom. The van der Waals surface area contributed by atoms with Crippen LogP contribution in [0.4, 0.5) is 4.39 Å². The molecule has 1 aromatic carbocycles. The van der Waals surface area contributed by atoms with Crippen LogP contribution in [-0.4, -0.2) is 10.6 Å². The average Bonchev–Trinajstić information content (AvgIpc) is 2.15. The molecule has 0 fully saturated rings. The van der Waals surface area contributed by atoms with Gasteiger partial charge in [0, 0.05) is 10.9 Å². The molecule has 0 radical (unpaired) electrons. The van der Waals surface area contributed by atoms with E-state index >= 15 is 0 Å². The van der Waals surface area contributed by atoms with Gasteiger partial charge in [0.25, 0.3) is 0 Å². The maximum absolute atomic E-state index is 12.8. The monoisotopic (exact) mass is 292 g/mol. The molecular formula is C11H11BrClFO. The molecule has 0 bridgehead atoms. The summed E-state index contributed by atoms with van der Waals surface area (Å²) in [4.78, 5) is 10.9. The van der Waals surface area contributed by atoms with Crippen molar-refractivity contribution in [2.24, 2.45) is 0 Å². The molecule has 0 spiro atoms. The lowest BCUT2D eigenvalue weighted by Crippen LogP contribution is -2.17. The summed E-state index contributed by atoms with van der Waals surface area (Å²) in [6, 6.07) is 4.21. The van der Waals surface area contributed by atoms with Gasteiger partial charge in [-0.2, -0.15) is 0 Å². The summed E-state index contributed by atoms with van der Waals surface area (Å²) >= 11 is 9.20. The van der Waals surface area contributed by atoms with Crippen LogP contribution in [0.1, 0.15) is 25.3 Å². The molecular weight excluding hydrogens is 282 g/mol. The Labute approximate surface area is 102 Å². The van der Waals surface area contributed by atoms with E-state index in [0.717, 1.165) is 5.56 Å². The van der Waals surface area contributed by atoms with Crippen LogP contribution in [0.5, 0.6) is 0 Å². The van der Waals surface area contributed by atoms with E-state index in [-0.39, 0.29) is 22.3 Å². The van der Waals surface area contributed by atoms with E-state index in [4.69, 9.17) is 11.6 Å². The smallest absolute Gasteiger partial charge is 0.144 e. The number of halogens is 3. The molecule has 0 aliphatic heterocycles. The second kappa shape index (κ2) is 5.08. The van der Waals surface area contributed by atoms with Crippen molar-refractivity contribution < 1.29 is 9.18 Å². The number of alkyl halides is 1. The van der Waals surface area contributed by atoms with Gasteiger partial charge in [-0.3, -0.25) is 4.79 Å². The summed E-state index contributed by atoms with van der Waals surface area (Å²) in [6.45, 7) is 3.38. The minimum absolute atomic E-state index is 0.0305. The van der Waals surface area contributed by atoms with Crippen molar-refractivity contribution in [2.45, 2.75) is 24.6 Å². The second-order valence-electron chi connectivity index (χ2n) is 3.47. The predicted octanol–water partition coefficient (Wildman–Crippen LogP) is 3.94. The molecule has 1 rings (SSSR count). The van der Waals surface area contributed by atoms with Crippen LogP contribution in [0.3, 0.4) is 0 Å². The summed E-state index contributed by atoms with van der Waals surface area (Å²) in [6.07, 6.45) is 0. The van der Waals surface area contributed by atoms with Crippen LogP contribution >= 0.6 is 27.5 Å². The van der Waals surface area contributed by atoms with Crippen molar-refractivity contribution in [3.8, 4) is 0 Å². The third kappa shape index (κ3) is 3.02. The van der Waals surface area contributed by atoms with Gasteiger partial charge in [-0.15, -0.1) is 0 Å². The van der Waals surface area contributed by atoms with Crippen LogP contribution in [0, 0.1) is 5.82 Å². The predicted molar refractivity (Wildman–Crippen MR) is 63.2 cm³/mol. The molecule has 2 unspecified atom stereocenters. The number of hydrogen-bond donors (Lipinski definition) is 0. The third-order valence-electron chi connectivity index (χ3n) is 2.28. The highest BCUT2D eigenvalue weighted by Gasteiger charge is 2.22. The lowest BCUT2D eigenvalue weighted by atomic mass is 9.96. The van der Waals surface area contributed by atoms with Crippen LogP contribution in [0.25, 0.3) is 0 Å². The van der Waals surface area contributed by atoms with Crippen LogP contribution in [-0.2, 0) is 4.79 Å². The molecule has 0 N–H and O–H groups in total. The van der Waals surface area contributed by atoms with Gasteiger partial charge in [0.05, 0.1) is 4.83 Å². The molecule has 1 nitrogen and oxygen atoms in total. The molecule has 0 aliphatic carbocycles. The van der Waals surface area contributed by atoms with Crippen LogP contribution in [0.15, 0.2) is 18.2 Å². The fourth-order valence-electron chi connectivity index (χ4n) is 1.38. The summed E-state index contributed by atoms with van der Waals surface area (Å²) < 4.78 is 12.8. The molecule has 0 heterocycles. The summed E-state index contributed by atoms with van der Waals surface area (Å²) in [5.74, 6) is -0.414. The topological polar surface area (TPSA) is 17.1 Å². The summed E-state index contributed by atoms with van der Waals surface area (Å²) in [7, 11) is 0. The van der Waals surface area contributed by atoms with Crippen LogP contribution < -0.4 is 0 Å². The number of hydrogen-bond acceptors (Lipinski definition) is 1. The zero-order chi connectivity index (χ0) is 11.6. The lowest BCUT2D eigenvalue weighted by molar-refractivity contribution is -0.116. The zero-order valence-electron chi connectivity index (χ0n) is 8.43. The molecule has 0 aromatic heterocycles. The summed E-state index contributed by atoms with van der Waals surface area (Å²) in [5.41, 5.74) is 0.773. The molecule has 82 valence electrons. The second-order valence-corrected chi connectivity index (χ2v) is 4.86. The molecule has 0 aliphatic rings. The van der Waals surface area contributed by atoms with Gasteiger partial charge in [-0.1, -0.05) is 40.5 Å². The van der Waals surface area contributed by atoms with Crippen molar-refractivity contribution in [2.75, 3.05) is 0 Å². The van der Waals surface area contributed by atoms with E-state index in [2.05, 4.69) is 15.9 Å². The van der Waals surface area contributed by atoms with E-state index < -0.39 is 0 Å². The first kappa shape index (κ1) is 12.7. The Morgan fingerprint density at radius 1 is 1.53 bits per heavy atom. The Hall–Kier alpha value is -0.410. The largest absolute Gasteiger partial charge is 0.299 e. The number of ketones is 1. The quantitative estimate of drug-likeness (QED) is 0.772. The summed E-state index contributed by atoms with van der Waals surface area (Å²) in [5, 5.41) is 0.355. The first-order valence-corrected chi connectivity index (χ1v) is 5.82. The normalized spacial score (nSPS) is 14.7. The SMILES string of the molecule is CC(=O)C(Br)C(C)c1ccc(F)cc1Cl. The van der Waals surface area contributed by atoms with Crippen molar-refractivity contribution in [3.05, 3.63) is 34.6 Å². The van der Waals surface area contributed by atoms with E-state index in [1.54, 1.807) is 6.07 Å². The van der Waals surface area contributed by atoms with Gasteiger partial charge in [-0.05, 0) is 24.6 Å². The van der Waals surface area contributed by atoms with Crippen LogP contribution in [0.2, 0.25) is 5.02 Å². The first-order chi connectivity index (χ1) is 6.93. The van der Waals surface area contributed by atoms with E-state index in [1.165, 1.54) is 19.1 Å². The standard InChI is InChI=1S/C11H11BrClFO/c1-6(11(12)7(2)15)9-4-3-8(14)5-10(9)13/h3-6,11H,1-2H3. The highest BCUT2D eigenvalue weighted by molar-refractivity contribution is 9.10. The highest BCUT2D eigenvalue weighted by Crippen LogP contribution is 2.31. The first-order valence-electron chi connectivity index (χ1n) is 4.53. The number of benzene rings is 1. The highest BCUT2D eigenvalue weighted by atomic mass is 79.9. The van der Waals surface area contributed by atoms with E-state index in [1.807, 2.05) is 6.92 Å². The van der Waals surface area contributed by atoms with Gasteiger partial charge in [0.2, 0.25) is 0 Å². The van der Waals surface area contributed by atoms with E-state index in [9.17, 15) is 9.18 Å². The Morgan fingerprint density at radius 3 is 2.60 bits per heavy atom.